The Kier molecular flexibility index (Phi) is 4.43. The zero-order chi connectivity index (χ0) is 16.7. The molecule has 0 radical (unpaired) electrons. The molecular formula is C14H19BClNO5. The van der Waals surface area contributed by atoms with Crippen LogP contribution in [0.15, 0.2) is 6.07 Å². The fourth-order valence-electron chi connectivity index (χ4n) is 2.04. The second kappa shape index (κ2) is 5.72. The summed E-state index contributed by atoms with van der Waals surface area (Å²) in [5.74, 6) is -0.476. The first-order chi connectivity index (χ1) is 10.1. The Morgan fingerprint density at radius 3 is 2.23 bits per heavy atom. The van der Waals surface area contributed by atoms with Crippen LogP contribution >= 0.6 is 11.6 Å². The second-order valence-corrected chi connectivity index (χ2v) is 6.36. The van der Waals surface area contributed by atoms with E-state index in [1.165, 1.54) is 20.3 Å². The number of hydrogen-bond donors (Lipinski definition) is 0. The van der Waals surface area contributed by atoms with Crippen LogP contribution in [0.3, 0.4) is 0 Å². The molecule has 0 saturated carbocycles. The molecular weight excluding hydrogens is 308 g/mol. The van der Waals surface area contributed by atoms with Gasteiger partial charge in [-0.25, -0.2) is 9.78 Å². The van der Waals surface area contributed by atoms with Gasteiger partial charge in [0.2, 0.25) is 5.88 Å². The zero-order valence-electron chi connectivity index (χ0n) is 13.5. The Labute approximate surface area is 135 Å². The highest BCUT2D eigenvalue weighted by Gasteiger charge is 2.52. The average Bonchev–Trinajstić information content (AvgIpc) is 2.65. The van der Waals surface area contributed by atoms with Gasteiger partial charge in [0.05, 0.1) is 25.4 Å². The minimum atomic E-state index is -0.723. The Morgan fingerprint density at radius 1 is 1.23 bits per heavy atom. The van der Waals surface area contributed by atoms with Crippen LogP contribution in [0.5, 0.6) is 5.88 Å². The number of aromatic nitrogens is 1. The van der Waals surface area contributed by atoms with Crippen molar-refractivity contribution in [2.24, 2.45) is 0 Å². The Bertz CT molecular complexity index is 589. The van der Waals surface area contributed by atoms with Gasteiger partial charge in [-0.1, -0.05) is 11.6 Å². The summed E-state index contributed by atoms with van der Waals surface area (Å²) < 4.78 is 21.7. The summed E-state index contributed by atoms with van der Waals surface area (Å²) in [5, 5.41) is 0.156. The molecule has 1 aromatic rings. The highest BCUT2D eigenvalue weighted by atomic mass is 35.5. The van der Waals surface area contributed by atoms with Crippen molar-refractivity contribution in [3.05, 3.63) is 16.8 Å². The third-order valence-electron chi connectivity index (χ3n) is 4.07. The lowest BCUT2D eigenvalue weighted by molar-refractivity contribution is 0.00578. The third kappa shape index (κ3) is 2.80. The molecule has 0 atom stereocenters. The van der Waals surface area contributed by atoms with E-state index >= 15 is 0 Å². The summed E-state index contributed by atoms with van der Waals surface area (Å²) in [6, 6.07) is 1.53. The molecule has 2 rings (SSSR count). The number of ether oxygens (including phenoxy) is 2. The second-order valence-electron chi connectivity index (χ2n) is 6.01. The molecule has 0 aliphatic carbocycles. The normalized spacial score (nSPS) is 19.1. The van der Waals surface area contributed by atoms with Crippen molar-refractivity contribution in [3.8, 4) is 5.88 Å². The van der Waals surface area contributed by atoms with Gasteiger partial charge in [-0.15, -0.1) is 0 Å². The Balaban J connectivity index is 2.47. The molecule has 120 valence electrons. The van der Waals surface area contributed by atoms with Gasteiger partial charge in [-0.2, -0.15) is 0 Å². The number of carbonyl (C=O) groups is 1. The molecule has 0 unspecified atom stereocenters. The predicted octanol–water partition coefficient (Wildman–Crippen LogP) is 1.83. The molecule has 1 saturated heterocycles. The lowest BCUT2D eigenvalue weighted by Crippen LogP contribution is -2.41. The van der Waals surface area contributed by atoms with Gasteiger partial charge in [0, 0.05) is 5.46 Å². The molecule has 2 heterocycles. The number of hydrogen-bond acceptors (Lipinski definition) is 6. The number of methoxy groups -OCH3 is 2. The summed E-state index contributed by atoms with van der Waals surface area (Å²) in [6.07, 6.45) is 0. The standard InChI is InChI=1S/C14H19BClNO5/c1-13(2)14(3,4)22-15(21-13)9-7-8(12(18)20-6)11(19-5)17-10(9)16/h7H,1-6H3. The molecule has 22 heavy (non-hydrogen) atoms. The molecule has 1 aliphatic rings. The van der Waals surface area contributed by atoms with E-state index in [0.717, 1.165) is 0 Å². The predicted molar refractivity (Wildman–Crippen MR) is 82.9 cm³/mol. The minimum Gasteiger partial charge on any atom is -0.480 e. The van der Waals surface area contributed by atoms with Crippen molar-refractivity contribution < 1.29 is 23.6 Å². The van der Waals surface area contributed by atoms with Crippen LogP contribution in [0.25, 0.3) is 0 Å². The van der Waals surface area contributed by atoms with Gasteiger partial charge in [-0.3, -0.25) is 0 Å². The van der Waals surface area contributed by atoms with Gasteiger partial charge in [0.25, 0.3) is 0 Å². The Hall–Kier alpha value is -1.31. The van der Waals surface area contributed by atoms with Crippen LogP contribution in [0.4, 0.5) is 0 Å². The highest BCUT2D eigenvalue weighted by Crippen LogP contribution is 2.37. The molecule has 1 aliphatic heterocycles. The van der Waals surface area contributed by atoms with Gasteiger partial charge in [-0.05, 0) is 33.8 Å². The largest absolute Gasteiger partial charge is 0.498 e. The SMILES string of the molecule is COC(=O)c1cc(B2OC(C)(C)C(C)(C)O2)c(Cl)nc1OC. The first-order valence-electron chi connectivity index (χ1n) is 6.81. The van der Waals surface area contributed by atoms with Crippen LogP contribution in [-0.4, -0.2) is 43.5 Å². The minimum absolute atomic E-state index is 0.0946. The van der Waals surface area contributed by atoms with Crippen LogP contribution in [0.2, 0.25) is 5.15 Å². The molecule has 6 nitrogen and oxygen atoms in total. The summed E-state index contributed by atoms with van der Waals surface area (Å²) in [5.41, 5.74) is -0.417. The van der Waals surface area contributed by atoms with Crippen molar-refractivity contribution >= 4 is 30.2 Å². The number of nitrogens with zero attached hydrogens (tertiary/aromatic N) is 1. The molecule has 1 fully saturated rings. The topological polar surface area (TPSA) is 66.9 Å². The number of carbonyl (C=O) groups excluding carboxylic acids is 1. The van der Waals surface area contributed by atoms with E-state index < -0.39 is 24.3 Å². The van der Waals surface area contributed by atoms with E-state index in [1.54, 1.807) is 0 Å². The lowest BCUT2D eigenvalue weighted by Gasteiger charge is -2.32. The van der Waals surface area contributed by atoms with Gasteiger partial charge in [0.15, 0.2) is 0 Å². The summed E-state index contributed by atoms with van der Waals surface area (Å²) in [7, 11) is 1.96. The van der Waals surface area contributed by atoms with Gasteiger partial charge in [0.1, 0.15) is 10.7 Å². The van der Waals surface area contributed by atoms with Crippen LogP contribution < -0.4 is 10.2 Å². The van der Waals surface area contributed by atoms with E-state index in [4.69, 9.17) is 30.4 Å². The monoisotopic (exact) mass is 327 g/mol. The van der Waals surface area contributed by atoms with Crippen LogP contribution in [-0.2, 0) is 14.0 Å². The molecule has 0 amide bonds. The van der Waals surface area contributed by atoms with Crippen LogP contribution in [0.1, 0.15) is 38.1 Å². The first kappa shape index (κ1) is 17.1. The van der Waals surface area contributed by atoms with E-state index in [-0.39, 0.29) is 16.6 Å². The first-order valence-corrected chi connectivity index (χ1v) is 7.19. The van der Waals surface area contributed by atoms with Crippen molar-refractivity contribution in [2.75, 3.05) is 14.2 Å². The summed E-state index contributed by atoms with van der Waals surface area (Å²) in [6.45, 7) is 7.72. The Morgan fingerprint density at radius 2 is 1.77 bits per heavy atom. The maximum Gasteiger partial charge on any atom is 0.498 e. The zero-order valence-corrected chi connectivity index (χ0v) is 14.3. The van der Waals surface area contributed by atoms with Crippen molar-refractivity contribution in [1.82, 2.24) is 4.98 Å². The molecule has 0 aromatic carbocycles. The average molecular weight is 328 g/mol. The fourth-order valence-corrected chi connectivity index (χ4v) is 2.26. The van der Waals surface area contributed by atoms with Gasteiger partial charge >= 0.3 is 13.1 Å². The van der Waals surface area contributed by atoms with Crippen molar-refractivity contribution in [1.29, 1.82) is 0 Å². The highest BCUT2D eigenvalue weighted by molar-refractivity contribution is 6.65. The lowest BCUT2D eigenvalue weighted by atomic mass is 9.79. The van der Waals surface area contributed by atoms with E-state index in [9.17, 15) is 4.79 Å². The maximum atomic E-state index is 11.9. The van der Waals surface area contributed by atoms with E-state index in [2.05, 4.69) is 4.98 Å². The maximum absolute atomic E-state index is 11.9. The van der Waals surface area contributed by atoms with Crippen LogP contribution in [0, 0.1) is 0 Å². The van der Waals surface area contributed by atoms with Gasteiger partial charge < -0.3 is 18.8 Å². The molecule has 0 bridgehead atoms. The van der Waals surface area contributed by atoms with Crippen molar-refractivity contribution in [2.45, 2.75) is 38.9 Å². The van der Waals surface area contributed by atoms with E-state index in [0.29, 0.717) is 5.46 Å². The third-order valence-corrected chi connectivity index (χ3v) is 4.38. The number of esters is 1. The van der Waals surface area contributed by atoms with E-state index in [1.807, 2.05) is 27.7 Å². The number of rotatable bonds is 3. The molecule has 8 heteroatoms. The molecule has 0 N–H and O–H groups in total. The smallest absolute Gasteiger partial charge is 0.480 e. The fraction of sp³-hybridized carbons (Fsp3) is 0.571. The summed E-state index contributed by atoms with van der Waals surface area (Å²) >= 11 is 6.19. The number of halogens is 1. The van der Waals surface area contributed by atoms with Crippen molar-refractivity contribution in [3.63, 3.8) is 0 Å². The quantitative estimate of drug-likeness (QED) is 0.479. The number of pyridine rings is 1. The molecule has 0 spiro atoms. The summed E-state index contributed by atoms with van der Waals surface area (Å²) in [4.78, 5) is 15.9. The molecule has 1 aromatic heterocycles.